The number of aromatic nitrogens is 3. The van der Waals surface area contributed by atoms with E-state index in [0.29, 0.717) is 4.68 Å². The van der Waals surface area contributed by atoms with Crippen LogP contribution >= 0.6 is 7.60 Å². The van der Waals surface area contributed by atoms with E-state index in [-0.39, 0.29) is 11.6 Å². The summed E-state index contributed by atoms with van der Waals surface area (Å²) in [6.07, 6.45) is -6.79. The van der Waals surface area contributed by atoms with Crippen LogP contribution in [0.25, 0.3) is 0 Å². The number of esters is 1. The molecule has 1 aliphatic heterocycles. The lowest BCUT2D eigenvalue weighted by atomic mass is 9.95. The molecule has 15 heteroatoms. The zero-order valence-corrected chi connectivity index (χ0v) is 22.2. The first kappa shape index (κ1) is 27.2. The molecule has 1 aromatic heterocycles. The molecule has 1 saturated heterocycles. The summed E-state index contributed by atoms with van der Waals surface area (Å²) < 4.78 is 65.9. The minimum Gasteiger partial charge on any atom is -0.463 e. The Kier molecular flexibility index (Phi) is 8.85. The number of nitrogens with two attached hydrogens (primary N) is 1. The van der Waals surface area contributed by atoms with Gasteiger partial charge in [0.15, 0.2) is 6.23 Å². The molecule has 0 saturated carbocycles. The predicted molar refractivity (Wildman–Crippen MR) is 135 cm³/mol. The van der Waals surface area contributed by atoms with Gasteiger partial charge in [0.05, 0.1) is 33.7 Å². The smallest absolute Gasteiger partial charge is 0.380 e. The number of alkyl halides is 1. The van der Waals surface area contributed by atoms with Crippen LogP contribution in [0.3, 0.4) is 0 Å². The van der Waals surface area contributed by atoms with Crippen molar-refractivity contribution in [3.05, 3.63) is 47.0 Å². The van der Waals surface area contributed by atoms with Gasteiger partial charge < -0.3 is 29.9 Å². The van der Waals surface area contributed by atoms with Crippen molar-refractivity contribution in [3.63, 3.8) is 0 Å². The minimum absolute atomic E-state index is 0.0100. The lowest BCUT2D eigenvalue weighted by Gasteiger charge is -2.26. The maximum absolute atomic E-state index is 14.0. The lowest BCUT2D eigenvalue weighted by molar-refractivity contribution is -0.151. The highest BCUT2D eigenvalue weighted by molar-refractivity contribution is 7.54. The van der Waals surface area contributed by atoms with Crippen LogP contribution in [0, 0.1) is 17.8 Å². The molecule has 39 heavy (non-hydrogen) atoms. The third kappa shape index (κ3) is 7.40. The van der Waals surface area contributed by atoms with Gasteiger partial charge in [0, 0.05) is 0 Å². The summed E-state index contributed by atoms with van der Waals surface area (Å²) in [6.45, 7) is 0.0790. The van der Waals surface area contributed by atoms with Crippen LogP contribution in [0.15, 0.2) is 41.3 Å². The molecule has 0 radical (unpaired) electrons. The predicted octanol–water partition coefficient (Wildman–Crippen LogP) is 1.06. The van der Waals surface area contributed by atoms with Crippen molar-refractivity contribution in [1.29, 1.82) is 0 Å². The molecule has 0 bridgehead atoms. The molecule has 2 aromatic rings. The van der Waals surface area contributed by atoms with Gasteiger partial charge in [-0.25, -0.2) is 13.8 Å². The normalized spacial score (nSPS) is 26.0. The molecule has 1 aliphatic rings. The molecular weight excluding hydrogens is 538 g/mol. The summed E-state index contributed by atoms with van der Waals surface area (Å²) >= 11 is 0. The summed E-state index contributed by atoms with van der Waals surface area (Å²) in [5, 5.41) is 25.9. The number of nitrogens with zero attached hydrogens (tertiary/aromatic N) is 3. The van der Waals surface area contributed by atoms with Gasteiger partial charge in [-0.2, -0.15) is 14.8 Å². The third-order valence-corrected chi connectivity index (χ3v) is 7.12. The molecule has 0 amide bonds. The first-order valence-electron chi connectivity index (χ1n) is 12.7. The van der Waals surface area contributed by atoms with E-state index in [1.54, 1.807) is 32.0 Å². The monoisotopic (exact) mass is 570 g/mol. The number of ether oxygens (including phenoxy) is 2. The van der Waals surface area contributed by atoms with Crippen molar-refractivity contribution < 1.29 is 45.2 Å². The molecule has 212 valence electrons. The van der Waals surface area contributed by atoms with Crippen molar-refractivity contribution >= 4 is 19.4 Å². The van der Waals surface area contributed by atoms with E-state index in [4.69, 9.17) is 27.0 Å². The number of rotatable bonds is 10. The maximum Gasteiger partial charge on any atom is 0.380 e. The summed E-state index contributed by atoms with van der Waals surface area (Å²) in [5.74, 6) is 1.81. The minimum atomic E-state index is -4.62. The largest absolute Gasteiger partial charge is 0.463 e. The summed E-state index contributed by atoms with van der Waals surface area (Å²) in [7, 11) is -4.62. The van der Waals surface area contributed by atoms with Gasteiger partial charge in [0.1, 0.15) is 30.4 Å². The lowest BCUT2D eigenvalue weighted by Crippen LogP contribution is -2.48. The number of anilines is 1. The van der Waals surface area contributed by atoms with Crippen molar-refractivity contribution in [3.8, 4) is 17.6 Å². The Morgan fingerprint density at radius 1 is 1.38 bits per heavy atom. The average molecular weight is 571 g/mol. The molecular formula is C24H30FN4O9P. The SMILES string of the molecule is [2H]C([2H])(O[P@@](=O)(C[C@@H](C)C(=O)OC(C)C)Oc1ccccc1)[C@H]1O[C@@H](n2ncc(N)nc2=O)C(O)(C#CCF)[C@H]1O. The van der Waals surface area contributed by atoms with Crippen molar-refractivity contribution in [2.24, 2.45) is 5.92 Å². The number of para-hydroxylation sites is 1. The van der Waals surface area contributed by atoms with Crippen LogP contribution in [-0.4, -0.2) is 74.3 Å². The van der Waals surface area contributed by atoms with Gasteiger partial charge in [0.25, 0.3) is 0 Å². The standard InChI is InChI=1S/C24H30FN4O9P/c1-15(2)36-21(31)16(3)14-39(34,38-17-8-5-4-6-9-17)35-13-18-20(30)24(33,10-7-11-25)22(37-18)29-23(32)28-19(26)12-27-29/h4-6,8-9,12,15-16,18,20,22,30,33H,11,13-14H2,1-3H3,(H2,26,28,32)/t16-,18-,20+,22-,24?,39+/m1/s1/i13D2. The first-order chi connectivity index (χ1) is 19.1. The van der Waals surface area contributed by atoms with Crippen LogP contribution < -0.4 is 15.9 Å². The van der Waals surface area contributed by atoms with Gasteiger partial charge in [-0.05, 0) is 26.0 Å². The zero-order valence-electron chi connectivity index (χ0n) is 23.3. The molecule has 0 spiro atoms. The van der Waals surface area contributed by atoms with Gasteiger partial charge >= 0.3 is 19.3 Å². The Balaban J connectivity index is 2.00. The van der Waals surface area contributed by atoms with Gasteiger partial charge in [-0.3, -0.25) is 9.32 Å². The topological polar surface area (TPSA) is 185 Å². The van der Waals surface area contributed by atoms with E-state index in [0.717, 1.165) is 6.20 Å². The number of carbonyl (C=O) groups is 1. The molecule has 13 nitrogen and oxygen atoms in total. The van der Waals surface area contributed by atoms with Gasteiger partial charge in [-0.1, -0.05) is 37.0 Å². The van der Waals surface area contributed by atoms with Crippen molar-refractivity contribution in [1.82, 2.24) is 14.8 Å². The Morgan fingerprint density at radius 2 is 2.08 bits per heavy atom. The number of aliphatic hydroxyl groups excluding tert-OH is 1. The molecule has 3 rings (SSSR count). The van der Waals surface area contributed by atoms with E-state index in [2.05, 4.69) is 10.1 Å². The van der Waals surface area contributed by atoms with Crippen LogP contribution in [0.2, 0.25) is 0 Å². The van der Waals surface area contributed by atoms with E-state index in [9.17, 15) is 28.8 Å². The fourth-order valence-corrected chi connectivity index (χ4v) is 5.20. The van der Waals surface area contributed by atoms with Gasteiger partial charge in [-0.15, -0.1) is 0 Å². The van der Waals surface area contributed by atoms with Crippen LogP contribution in [0.5, 0.6) is 5.75 Å². The number of nitrogen functional groups attached to an aromatic ring is 1. The summed E-state index contributed by atoms with van der Waals surface area (Å²) in [4.78, 5) is 28.3. The Hall–Kier alpha value is -3.34. The van der Waals surface area contributed by atoms with Crippen molar-refractivity contribution in [2.75, 3.05) is 25.1 Å². The number of hydrogen-bond acceptors (Lipinski definition) is 12. The van der Waals surface area contributed by atoms with Gasteiger partial charge in [0.2, 0.25) is 5.60 Å². The second kappa shape index (κ2) is 12.7. The highest BCUT2D eigenvalue weighted by Gasteiger charge is 2.57. The van der Waals surface area contributed by atoms with Crippen molar-refractivity contribution in [2.45, 2.75) is 50.9 Å². The quantitative estimate of drug-likeness (QED) is 0.210. The Morgan fingerprint density at radius 3 is 2.69 bits per heavy atom. The second-order valence-corrected chi connectivity index (χ2v) is 10.8. The second-order valence-electron chi connectivity index (χ2n) is 8.82. The average Bonchev–Trinajstić information content (AvgIpc) is 3.13. The van der Waals surface area contributed by atoms with E-state index in [1.807, 2.05) is 11.8 Å². The number of aliphatic hydroxyl groups is 2. The fourth-order valence-electron chi connectivity index (χ4n) is 3.49. The number of halogens is 1. The maximum atomic E-state index is 14.0. The van der Waals surface area contributed by atoms with E-state index >= 15 is 0 Å². The molecule has 2 heterocycles. The van der Waals surface area contributed by atoms with Crippen LogP contribution in [0.1, 0.15) is 29.7 Å². The number of hydrogen-bond donors (Lipinski definition) is 3. The molecule has 1 aromatic carbocycles. The third-order valence-electron chi connectivity index (χ3n) is 5.25. The molecule has 1 fully saturated rings. The van der Waals surface area contributed by atoms with E-state index < -0.39 is 74.7 Å². The summed E-state index contributed by atoms with van der Waals surface area (Å²) in [5.41, 5.74) is 1.46. The fraction of sp³-hybridized carbons (Fsp3) is 0.500. The Labute approximate surface area is 226 Å². The number of benzene rings is 1. The molecule has 4 N–H and O–H groups in total. The zero-order chi connectivity index (χ0) is 30.6. The first-order valence-corrected chi connectivity index (χ1v) is 13.4. The molecule has 0 aliphatic carbocycles. The Bertz CT molecular complexity index is 1400. The molecule has 1 unspecified atom stereocenters. The number of carbonyl (C=O) groups excluding carboxylic acids is 1. The highest BCUT2D eigenvalue weighted by atomic mass is 31.2. The summed E-state index contributed by atoms with van der Waals surface area (Å²) in [6, 6.07) is 7.57. The van der Waals surface area contributed by atoms with E-state index in [1.165, 1.54) is 19.1 Å². The van der Waals surface area contributed by atoms with Crippen LogP contribution in [0.4, 0.5) is 10.2 Å². The van der Waals surface area contributed by atoms with Crippen LogP contribution in [-0.2, 0) is 23.4 Å². The molecule has 6 atom stereocenters. The highest BCUT2D eigenvalue weighted by Crippen LogP contribution is 2.51.